The number of rotatable bonds is 8. The van der Waals surface area contributed by atoms with Crippen molar-refractivity contribution in [3.05, 3.63) is 23.4 Å². The number of hydrogen-bond acceptors (Lipinski definition) is 7. The second kappa shape index (κ2) is 8.42. The molecular weight excluding hydrogens is 318 g/mol. The zero-order chi connectivity index (χ0) is 16.7. The summed E-state index contributed by atoms with van der Waals surface area (Å²) in [7, 11) is 0. The summed E-state index contributed by atoms with van der Waals surface area (Å²) in [6.45, 7) is 3.82. The smallest absolute Gasteiger partial charge is 0.307 e. The van der Waals surface area contributed by atoms with Gasteiger partial charge < -0.3 is 14.6 Å². The van der Waals surface area contributed by atoms with E-state index in [9.17, 15) is 9.59 Å². The van der Waals surface area contributed by atoms with Crippen molar-refractivity contribution >= 4 is 23.2 Å². The first-order chi connectivity index (χ1) is 11.0. The standard InChI is InChI=1S/C15H19N3O4S/c1-10(2)21-14(20)7-8-16-12(19)5-6-13-17-15(18-22-13)11-4-3-9-23-11/h3-4,9-10H,5-8H2,1-2H3,(H,16,19). The summed E-state index contributed by atoms with van der Waals surface area (Å²) >= 11 is 1.52. The number of nitrogens with one attached hydrogen (secondary N) is 1. The van der Waals surface area contributed by atoms with Crippen LogP contribution in [0.15, 0.2) is 22.0 Å². The van der Waals surface area contributed by atoms with Crippen molar-refractivity contribution in [2.75, 3.05) is 6.54 Å². The lowest BCUT2D eigenvalue weighted by Crippen LogP contribution is -2.27. The number of hydrogen-bond donors (Lipinski definition) is 1. The largest absolute Gasteiger partial charge is 0.463 e. The van der Waals surface area contributed by atoms with Gasteiger partial charge >= 0.3 is 5.97 Å². The average Bonchev–Trinajstić information content (AvgIpc) is 3.15. The van der Waals surface area contributed by atoms with Crippen molar-refractivity contribution in [2.24, 2.45) is 0 Å². The SMILES string of the molecule is CC(C)OC(=O)CCNC(=O)CCc1nc(-c2cccs2)no1. The van der Waals surface area contributed by atoms with E-state index in [0.717, 1.165) is 4.88 Å². The molecule has 124 valence electrons. The topological polar surface area (TPSA) is 94.3 Å². The van der Waals surface area contributed by atoms with Crippen LogP contribution in [0.5, 0.6) is 0 Å². The van der Waals surface area contributed by atoms with E-state index in [4.69, 9.17) is 9.26 Å². The first-order valence-electron chi connectivity index (χ1n) is 7.37. The molecule has 7 nitrogen and oxygen atoms in total. The Morgan fingerprint density at radius 2 is 2.22 bits per heavy atom. The first-order valence-corrected chi connectivity index (χ1v) is 8.25. The van der Waals surface area contributed by atoms with Crippen molar-refractivity contribution in [3.63, 3.8) is 0 Å². The number of carbonyl (C=O) groups excluding carboxylic acids is 2. The minimum atomic E-state index is -0.321. The number of nitrogens with zero attached hydrogens (tertiary/aromatic N) is 2. The van der Waals surface area contributed by atoms with Crippen LogP contribution in [0.2, 0.25) is 0 Å². The van der Waals surface area contributed by atoms with E-state index in [0.29, 0.717) is 18.1 Å². The molecule has 2 heterocycles. The average molecular weight is 337 g/mol. The third-order valence-electron chi connectivity index (χ3n) is 2.79. The van der Waals surface area contributed by atoms with E-state index in [1.165, 1.54) is 11.3 Å². The van der Waals surface area contributed by atoms with Gasteiger partial charge in [0.05, 0.1) is 17.4 Å². The van der Waals surface area contributed by atoms with Crippen LogP contribution < -0.4 is 5.32 Å². The Kier molecular flexibility index (Phi) is 6.28. The van der Waals surface area contributed by atoms with Crippen LogP contribution in [0, 0.1) is 0 Å². The molecule has 2 aromatic rings. The molecule has 23 heavy (non-hydrogen) atoms. The number of esters is 1. The number of aromatic nitrogens is 2. The van der Waals surface area contributed by atoms with Gasteiger partial charge in [0.15, 0.2) is 0 Å². The van der Waals surface area contributed by atoms with E-state index >= 15 is 0 Å². The highest BCUT2D eigenvalue weighted by molar-refractivity contribution is 7.13. The molecule has 0 fully saturated rings. The van der Waals surface area contributed by atoms with Crippen molar-refractivity contribution < 1.29 is 18.8 Å². The van der Waals surface area contributed by atoms with Gasteiger partial charge in [-0.15, -0.1) is 11.3 Å². The van der Waals surface area contributed by atoms with Crippen molar-refractivity contribution in [1.82, 2.24) is 15.5 Å². The van der Waals surface area contributed by atoms with Gasteiger partial charge in [0.25, 0.3) is 0 Å². The van der Waals surface area contributed by atoms with Crippen LogP contribution in [0.1, 0.15) is 32.6 Å². The monoisotopic (exact) mass is 337 g/mol. The van der Waals surface area contributed by atoms with E-state index in [1.54, 1.807) is 13.8 Å². The molecule has 1 N–H and O–H groups in total. The fourth-order valence-corrected chi connectivity index (χ4v) is 2.45. The summed E-state index contributed by atoms with van der Waals surface area (Å²) in [6.07, 6.45) is 0.604. The molecule has 0 aliphatic rings. The molecule has 0 aromatic carbocycles. The lowest BCUT2D eigenvalue weighted by atomic mass is 10.3. The molecule has 0 bridgehead atoms. The normalized spacial score (nSPS) is 10.7. The summed E-state index contributed by atoms with van der Waals surface area (Å²) in [5, 5.41) is 8.48. The molecule has 0 aliphatic heterocycles. The van der Waals surface area contributed by atoms with E-state index < -0.39 is 0 Å². The van der Waals surface area contributed by atoms with Gasteiger partial charge in [0.1, 0.15) is 0 Å². The minimum Gasteiger partial charge on any atom is -0.463 e. The molecule has 0 atom stereocenters. The Balaban J connectivity index is 1.68. The third-order valence-corrected chi connectivity index (χ3v) is 3.66. The summed E-state index contributed by atoms with van der Waals surface area (Å²) in [6, 6.07) is 3.82. The molecule has 0 unspecified atom stereocenters. The molecule has 1 amide bonds. The maximum absolute atomic E-state index is 11.7. The van der Waals surface area contributed by atoms with Gasteiger partial charge in [-0.1, -0.05) is 11.2 Å². The van der Waals surface area contributed by atoms with Crippen LogP contribution in [-0.2, 0) is 20.7 Å². The molecule has 0 saturated heterocycles. The number of amides is 1. The summed E-state index contributed by atoms with van der Waals surface area (Å²) in [5.74, 6) is 0.464. The van der Waals surface area contributed by atoms with Crippen LogP contribution in [0.25, 0.3) is 10.7 Å². The van der Waals surface area contributed by atoms with Gasteiger partial charge in [-0.2, -0.15) is 4.98 Å². The van der Waals surface area contributed by atoms with Gasteiger partial charge in [-0.05, 0) is 25.3 Å². The lowest BCUT2D eigenvalue weighted by Gasteiger charge is -2.08. The Hall–Kier alpha value is -2.22. The van der Waals surface area contributed by atoms with Gasteiger partial charge in [0, 0.05) is 19.4 Å². The highest BCUT2D eigenvalue weighted by Crippen LogP contribution is 2.21. The predicted molar refractivity (Wildman–Crippen MR) is 84.8 cm³/mol. The zero-order valence-corrected chi connectivity index (χ0v) is 13.9. The summed E-state index contributed by atoms with van der Waals surface area (Å²) in [4.78, 5) is 28.2. The minimum absolute atomic E-state index is 0.145. The summed E-state index contributed by atoms with van der Waals surface area (Å²) in [5.41, 5.74) is 0. The Morgan fingerprint density at radius 3 is 2.91 bits per heavy atom. The molecule has 0 saturated carbocycles. The van der Waals surface area contributed by atoms with Crippen LogP contribution in [-0.4, -0.2) is 34.7 Å². The molecule has 0 spiro atoms. The second-order valence-corrected chi connectivity index (χ2v) is 6.08. The number of aryl methyl sites for hydroxylation is 1. The fourth-order valence-electron chi connectivity index (χ4n) is 1.80. The first kappa shape index (κ1) is 17.1. The Labute approximate surface area is 138 Å². The second-order valence-electron chi connectivity index (χ2n) is 5.13. The van der Waals surface area contributed by atoms with Gasteiger partial charge in [0.2, 0.25) is 17.6 Å². The van der Waals surface area contributed by atoms with E-state index in [1.807, 2.05) is 17.5 Å². The third kappa shape index (κ3) is 5.82. The maximum atomic E-state index is 11.7. The Morgan fingerprint density at radius 1 is 1.39 bits per heavy atom. The van der Waals surface area contributed by atoms with Crippen LogP contribution in [0.4, 0.5) is 0 Å². The quantitative estimate of drug-likeness (QED) is 0.742. The van der Waals surface area contributed by atoms with Crippen LogP contribution in [0.3, 0.4) is 0 Å². The lowest BCUT2D eigenvalue weighted by molar-refractivity contribution is -0.147. The maximum Gasteiger partial charge on any atom is 0.307 e. The molecule has 2 aromatic heterocycles. The molecular formula is C15H19N3O4S. The highest BCUT2D eigenvalue weighted by atomic mass is 32.1. The number of thiophene rings is 1. The van der Waals surface area contributed by atoms with Gasteiger partial charge in [-0.25, -0.2) is 0 Å². The molecule has 8 heteroatoms. The molecule has 0 radical (unpaired) electrons. The molecule has 2 rings (SSSR count). The van der Waals surface area contributed by atoms with Gasteiger partial charge in [-0.3, -0.25) is 9.59 Å². The van der Waals surface area contributed by atoms with Crippen LogP contribution >= 0.6 is 11.3 Å². The predicted octanol–water partition coefficient (Wildman–Crippen LogP) is 2.19. The zero-order valence-electron chi connectivity index (χ0n) is 13.1. The Bertz CT molecular complexity index is 637. The van der Waals surface area contributed by atoms with E-state index in [2.05, 4.69) is 15.5 Å². The van der Waals surface area contributed by atoms with E-state index in [-0.39, 0.29) is 37.4 Å². The van der Waals surface area contributed by atoms with Crippen molar-refractivity contribution in [1.29, 1.82) is 0 Å². The number of carbonyl (C=O) groups is 2. The number of ether oxygens (including phenoxy) is 1. The van der Waals surface area contributed by atoms with Crippen molar-refractivity contribution in [2.45, 2.75) is 39.2 Å². The fraction of sp³-hybridized carbons (Fsp3) is 0.467. The highest BCUT2D eigenvalue weighted by Gasteiger charge is 2.12. The van der Waals surface area contributed by atoms with Crippen molar-refractivity contribution in [3.8, 4) is 10.7 Å². The summed E-state index contributed by atoms with van der Waals surface area (Å²) < 4.78 is 10.1. The molecule has 0 aliphatic carbocycles.